The second kappa shape index (κ2) is 15.7. The summed E-state index contributed by atoms with van der Waals surface area (Å²) in [6.45, 7) is 6.70. The Bertz CT molecular complexity index is 2130. The topological polar surface area (TPSA) is 77.6 Å². The van der Waals surface area contributed by atoms with Gasteiger partial charge in [-0.1, -0.05) is 36.7 Å². The van der Waals surface area contributed by atoms with Gasteiger partial charge in [-0.05, 0) is 142 Å². The molecule has 1 saturated heterocycles. The third-order valence-electron chi connectivity index (χ3n) is 13.0. The van der Waals surface area contributed by atoms with E-state index in [1.165, 1.54) is 62.9 Å². The van der Waals surface area contributed by atoms with Gasteiger partial charge in [0.05, 0.1) is 33.7 Å². The van der Waals surface area contributed by atoms with Crippen LogP contribution < -0.4 is 5.32 Å². The molecule has 11 heteroatoms. The fourth-order valence-electron chi connectivity index (χ4n) is 10.2. The summed E-state index contributed by atoms with van der Waals surface area (Å²) in [5.41, 5.74) is 7.32. The van der Waals surface area contributed by atoms with E-state index in [0.717, 1.165) is 72.2 Å². The number of nitrogens with zero attached hydrogens (tertiary/aromatic N) is 6. The monoisotopic (exact) mass is 791 g/mol. The summed E-state index contributed by atoms with van der Waals surface area (Å²) in [6.07, 6.45) is 20.4. The normalized spacial score (nSPS) is 32.5. The third-order valence-corrected chi connectivity index (χ3v) is 14.4. The summed E-state index contributed by atoms with van der Waals surface area (Å²) in [5.74, 6) is 2.99. The Morgan fingerprint density at radius 1 is 1.09 bits per heavy atom. The van der Waals surface area contributed by atoms with Gasteiger partial charge in [0, 0.05) is 46.6 Å². The van der Waals surface area contributed by atoms with Gasteiger partial charge >= 0.3 is 0 Å². The molecule has 1 N–H and O–H groups in total. The minimum atomic E-state index is -1.11. The van der Waals surface area contributed by atoms with Gasteiger partial charge in [0.25, 0.3) is 0 Å². The van der Waals surface area contributed by atoms with Crippen LogP contribution in [0, 0.1) is 34.9 Å². The number of allylic oxidation sites excluding steroid dienone is 7. The number of nitrogens with one attached hydrogen (secondary N) is 1. The zero-order valence-corrected chi connectivity index (χ0v) is 33.5. The maximum atomic E-state index is 14.3. The highest BCUT2D eigenvalue weighted by Crippen LogP contribution is 2.61. The number of fused-ring (bicyclic) bond motifs is 3. The quantitative estimate of drug-likeness (QED) is 0.230. The van der Waals surface area contributed by atoms with Gasteiger partial charge < -0.3 is 10.2 Å². The smallest absolute Gasteiger partial charge is 0.124 e. The van der Waals surface area contributed by atoms with Gasteiger partial charge in [-0.2, -0.15) is 10.2 Å². The first kappa shape index (κ1) is 37.6. The molecule has 0 amide bonds. The van der Waals surface area contributed by atoms with Gasteiger partial charge in [-0.3, -0.25) is 9.98 Å². The molecule has 7 nitrogen and oxygen atoms in total. The number of hydrogen-bond donors (Lipinski definition) is 1. The van der Waals surface area contributed by atoms with Crippen molar-refractivity contribution in [2.24, 2.45) is 49.3 Å². The van der Waals surface area contributed by atoms with Crippen molar-refractivity contribution < 1.29 is 8.78 Å². The summed E-state index contributed by atoms with van der Waals surface area (Å²) >= 11 is 8.55. The fraction of sp³-hybridized carbons (Fsp3) is 0.444. The highest BCUT2D eigenvalue weighted by molar-refractivity contribution is 8.03. The van der Waals surface area contributed by atoms with Crippen LogP contribution in [-0.4, -0.2) is 52.5 Å². The van der Waals surface area contributed by atoms with E-state index in [0.29, 0.717) is 34.4 Å². The van der Waals surface area contributed by atoms with Gasteiger partial charge in [-0.25, -0.2) is 13.8 Å². The molecule has 0 radical (unpaired) electrons. The van der Waals surface area contributed by atoms with E-state index in [9.17, 15) is 8.78 Å². The Morgan fingerprint density at radius 2 is 1.95 bits per heavy atom. The largest absolute Gasteiger partial charge is 0.332 e. The summed E-state index contributed by atoms with van der Waals surface area (Å²) in [4.78, 5) is 17.2. The molecule has 7 aliphatic rings. The third kappa shape index (κ3) is 7.33. The van der Waals surface area contributed by atoms with Crippen molar-refractivity contribution in [3.63, 3.8) is 0 Å². The molecule has 1 aromatic carbocycles. The Balaban J connectivity index is 0.890. The van der Waals surface area contributed by atoms with Gasteiger partial charge in [-0.15, -0.1) is 11.8 Å². The zero-order chi connectivity index (χ0) is 38.4. The van der Waals surface area contributed by atoms with Crippen LogP contribution in [0.25, 0.3) is 6.08 Å². The maximum Gasteiger partial charge on any atom is 0.124 e. The number of aliphatic imine (C=N–C) groups is 2. The Kier molecular flexibility index (Phi) is 10.6. The minimum absolute atomic E-state index is 0.0784. The lowest BCUT2D eigenvalue weighted by Gasteiger charge is -2.44. The lowest BCUT2D eigenvalue weighted by molar-refractivity contribution is 0.0968. The van der Waals surface area contributed by atoms with Crippen molar-refractivity contribution in [1.29, 1.82) is 0 Å². The van der Waals surface area contributed by atoms with E-state index in [1.807, 2.05) is 42.6 Å². The molecule has 4 unspecified atom stereocenters. The molecule has 2 saturated carbocycles. The molecule has 9 rings (SSSR count). The van der Waals surface area contributed by atoms with Gasteiger partial charge in [0.15, 0.2) is 0 Å². The van der Waals surface area contributed by atoms with E-state index in [-0.39, 0.29) is 16.5 Å². The lowest BCUT2D eigenvalue weighted by Crippen LogP contribution is -2.40. The molecule has 0 spiro atoms. The Morgan fingerprint density at radius 3 is 2.70 bits per heavy atom. The number of benzene rings is 1. The molecule has 5 aliphatic heterocycles. The molecule has 290 valence electrons. The van der Waals surface area contributed by atoms with Crippen LogP contribution >= 0.6 is 23.4 Å². The van der Waals surface area contributed by atoms with Crippen molar-refractivity contribution in [2.75, 3.05) is 19.6 Å². The van der Waals surface area contributed by atoms with Crippen molar-refractivity contribution in [3.8, 4) is 0 Å². The van der Waals surface area contributed by atoms with Crippen molar-refractivity contribution in [1.82, 2.24) is 15.2 Å². The number of rotatable bonds is 11. The van der Waals surface area contributed by atoms with E-state index in [4.69, 9.17) is 26.7 Å². The van der Waals surface area contributed by atoms with Crippen LogP contribution in [0.2, 0.25) is 5.02 Å². The molecule has 1 aromatic heterocycles. The average molecular weight is 792 g/mol. The molecular formula is C45H48ClF2N7S. The summed E-state index contributed by atoms with van der Waals surface area (Å²) in [7, 11) is 0. The van der Waals surface area contributed by atoms with Crippen LogP contribution in [0.15, 0.2) is 127 Å². The van der Waals surface area contributed by atoms with Crippen molar-refractivity contribution >= 4 is 41.0 Å². The van der Waals surface area contributed by atoms with E-state index in [2.05, 4.69) is 44.8 Å². The highest BCUT2D eigenvalue weighted by atomic mass is 35.5. The minimum Gasteiger partial charge on any atom is -0.332 e. The van der Waals surface area contributed by atoms with E-state index in [1.54, 1.807) is 17.8 Å². The number of halogens is 3. The van der Waals surface area contributed by atoms with Gasteiger partial charge in [0.1, 0.15) is 23.9 Å². The van der Waals surface area contributed by atoms with Crippen LogP contribution in [0.5, 0.6) is 0 Å². The molecule has 6 atom stereocenters. The van der Waals surface area contributed by atoms with E-state index >= 15 is 0 Å². The predicted octanol–water partition coefficient (Wildman–Crippen LogP) is 11.0. The number of amidine groups is 1. The SMILES string of the molecule is CC(F)/C=C1\C=CC(C2=C3C[C@H](CNCC[C@H]4CC5CCC(C4)[C@]5(C)C4=C/C(=C/c5ccccn5)N=N4)CN3C(C3CC=CS3)=N[C@H]2c2ccc(F)cc2Cl)=N1. The average Bonchev–Trinajstić information content (AvgIpc) is 4.03. The number of hydrogen-bond acceptors (Lipinski definition) is 8. The van der Waals surface area contributed by atoms with Crippen molar-refractivity contribution in [3.05, 3.63) is 129 Å². The van der Waals surface area contributed by atoms with E-state index < -0.39 is 12.2 Å². The maximum absolute atomic E-state index is 14.3. The number of alkyl halides is 1. The first-order valence-electron chi connectivity index (χ1n) is 20.2. The van der Waals surface area contributed by atoms with Crippen LogP contribution in [0.3, 0.4) is 0 Å². The molecule has 2 aromatic rings. The molecule has 56 heavy (non-hydrogen) atoms. The first-order chi connectivity index (χ1) is 27.2. The summed E-state index contributed by atoms with van der Waals surface area (Å²) < 4.78 is 28.3. The number of aromatic nitrogens is 1. The van der Waals surface area contributed by atoms with Crippen molar-refractivity contribution in [2.45, 2.75) is 76.3 Å². The highest BCUT2D eigenvalue weighted by Gasteiger charge is 2.54. The number of thioether (sulfide) groups is 1. The standard InChI is InChI=1S/C45H48ClF2N7S/c1-27(47)18-34-11-13-38(51-34)42-39-21-29(26-55(39)44(40-7-5-17-56-40)52-43(42)36-12-10-32(48)22-37(36)46)25-49-16-14-28-19-30-8-9-31(20-28)45(30,2)41-24-35(53-54-41)23-33-6-3-4-15-50-33/h3-6,10-13,15,17-18,22-24,27-31,40,43,49H,7-9,14,16,19-21,25-26H2,1-2H3/b34-18+,35-23-/t27?,28-,29-,30?,31?,40?,43+,45+/m1/s1. The molecule has 2 bridgehead atoms. The molecule has 6 heterocycles. The van der Waals surface area contributed by atoms with Crippen LogP contribution in [0.1, 0.15) is 76.1 Å². The first-order valence-corrected chi connectivity index (χ1v) is 21.5. The Labute approximate surface area is 337 Å². The summed E-state index contributed by atoms with van der Waals surface area (Å²) in [6, 6.07) is 10.0. The number of azo groups is 1. The zero-order valence-electron chi connectivity index (χ0n) is 31.9. The molecule has 2 aliphatic carbocycles. The predicted molar refractivity (Wildman–Crippen MR) is 223 cm³/mol. The van der Waals surface area contributed by atoms with Gasteiger partial charge in [0.2, 0.25) is 0 Å². The number of pyridine rings is 1. The second-order valence-corrected chi connectivity index (χ2v) is 18.1. The van der Waals surface area contributed by atoms with Crippen LogP contribution in [-0.2, 0) is 0 Å². The Hall–Kier alpha value is -3.99. The molecular weight excluding hydrogens is 744 g/mol. The summed E-state index contributed by atoms with van der Waals surface area (Å²) in [5, 5.41) is 15.9. The fourth-order valence-corrected chi connectivity index (χ4v) is 11.5. The second-order valence-electron chi connectivity index (χ2n) is 16.6. The van der Waals surface area contributed by atoms with Crippen LogP contribution in [0.4, 0.5) is 8.78 Å². The molecule has 3 fully saturated rings. The lowest BCUT2D eigenvalue weighted by atomic mass is 9.61.